The zero-order valence-corrected chi connectivity index (χ0v) is 20.6. The Morgan fingerprint density at radius 3 is 2.50 bits per heavy atom. The van der Waals surface area contributed by atoms with E-state index in [-0.39, 0.29) is 17.4 Å². The molecule has 4 bridgehead atoms. The number of rotatable bonds is 4. The molecule has 1 spiro atoms. The van der Waals surface area contributed by atoms with Gasteiger partial charge in [0.05, 0.1) is 11.0 Å². The lowest BCUT2D eigenvalue weighted by molar-refractivity contribution is -0.175. The zero-order chi connectivity index (χ0) is 23.4. The third-order valence-corrected chi connectivity index (χ3v) is 10.2. The molecule has 0 saturated heterocycles. The number of halogens is 1. The van der Waals surface area contributed by atoms with Crippen molar-refractivity contribution in [3.05, 3.63) is 70.2 Å². The van der Waals surface area contributed by atoms with Crippen LogP contribution < -0.4 is 5.32 Å². The van der Waals surface area contributed by atoms with E-state index in [2.05, 4.69) is 45.5 Å². The Morgan fingerprint density at radius 1 is 1.06 bits per heavy atom. The van der Waals surface area contributed by atoms with Gasteiger partial charge in [0.1, 0.15) is 0 Å². The Morgan fingerprint density at radius 2 is 1.79 bits per heavy atom. The number of benzene rings is 3. The summed E-state index contributed by atoms with van der Waals surface area (Å²) in [5.41, 5.74) is 3.30. The van der Waals surface area contributed by atoms with Gasteiger partial charge in [0.25, 0.3) is 5.91 Å². The first-order valence-electron chi connectivity index (χ1n) is 12.2. The minimum Gasteiger partial charge on any atom is -0.481 e. The zero-order valence-electron chi connectivity index (χ0n) is 19.0. The van der Waals surface area contributed by atoms with Crippen molar-refractivity contribution in [2.45, 2.75) is 38.6 Å². The molecule has 6 fully saturated rings. The Labute approximate surface area is 206 Å². The second-order valence-electron chi connectivity index (χ2n) is 11.0. The van der Waals surface area contributed by atoms with Gasteiger partial charge in [0, 0.05) is 10.5 Å². The molecule has 0 radical (unpaired) electrons. The van der Waals surface area contributed by atoms with Crippen LogP contribution in [0.1, 0.15) is 41.6 Å². The average molecular weight is 516 g/mol. The van der Waals surface area contributed by atoms with Crippen LogP contribution in [-0.2, 0) is 4.79 Å². The maximum atomic E-state index is 13.9. The van der Waals surface area contributed by atoms with Gasteiger partial charge in [-0.25, -0.2) is 0 Å². The molecule has 0 heterocycles. The van der Waals surface area contributed by atoms with E-state index < -0.39 is 11.4 Å². The molecule has 3 unspecified atom stereocenters. The second-order valence-corrected chi connectivity index (χ2v) is 11.9. The van der Waals surface area contributed by atoms with Gasteiger partial charge in [-0.15, -0.1) is 0 Å². The number of carboxylic acid groups (broad SMARTS) is 1. The molecule has 6 aliphatic carbocycles. The molecule has 3 aromatic carbocycles. The molecule has 0 aromatic heterocycles. The minimum atomic E-state index is -0.612. The van der Waals surface area contributed by atoms with E-state index in [1.54, 1.807) is 0 Å². The number of carbonyl (C=O) groups is 2. The predicted molar refractivity (Wildman–Crippen MR) is 135 cm³/mol. The van der Waals surface area contributed by atoms with Crippen LogP contribution in [0.3, 0.4) is 0 Å². The van der Waals surface area contributed by atoms with E-state index in [1.165, 1.54) is 0 Å². The molecule has 34 heavy (non-hydrogen) atoms. The smallest absolute Gasteiger partial charge is 0.310 e. The highest BCUT2D eigenvalue weighted by molar-refractivity contribution is 9.10. The van der Waals surface area contributed by atoms with Crippen LogP contribution >= 0.6 is 15.9 Å². The monoisotopic (exact) mass is 515 g/mol. The van der Waals surface area contributed by atoms with Crippen molar-refractivity contribution in [1.82, 2.24) is 5.32 Å². The first kappa shape index (κ1) is 20.7. The Bertz CT molecular complexity index is 1390. The van der Waals surface area contributed by atoms with Gasteiger partial charge < -0.3 is 10.4 Å². The lowest BCUT2D eigenvalue weighted by Gasteiger charge is -2.64. The van der Waals surface area contributed by atoms with Crippen LogP contribution in [0.25, 0.3) is 21.9 Å². The summed E-state index contributed by atoms with van der Waals surface area (Å²) in [5, 5.41) is 15.4. The first-order chi connectivity index (χ1) is 16.4. The summed E-state index contributed by atoms with van der Waals surface area (Å²) < 4.78 is 0.946. The topological polar surface area (TPSA) is 66.4 Å². The van der Waals surface area contributed by atoms with Gasteiger partial charge in [-0.2, -0.15) is 0 Å². The fourth-order valence-corrected chi connectivity index (χ4v) is 8.78. The van der Waals surface area contributed by atoms with Crippen molar-refractivity contribution < 1.29 is 14.7 Å². The lowest BCUT2D eigenvalue weighted by atomic mass is 9.41. The Balaban J connectivity index is 1.28. The van der Waals surface area contributed by atoms with E-state index in [0.29, 0.717) is 17.8 Å². The number of fused-ring (bicyclic) bond motifs is 1. The quantitative estimate of drug-likeness (QED) is 0.434. The number of carboxylic acids is 1. The first-order valence-corrected chi connectivity index (χ1v) is 13.0. The van der Waals surface area contributed by atoms with E-state index in [0.717, 1.165) is 63.2 Å². The maximum absolute atomic E-state index is 13.9. The summed E-state index contributed by atoms with van der Waals surface area (Å²) >= 11 is 3.59. The Kier molecular flexibility index (Phi) is 4.09. The fraction of sp³-hybridized carbons (Fsp3) is 0.379. The number of hydrogen-bond acceptors (Lipinski definition) is 2. The van der Waals surface area contributed by atoms with Crippen LogP contribution in [0.5, 0.6) is 0 Å². The number of amides is 1. The molecule has 172 valence electrons. The third-order valence-electron chi connectivity index (χ3n) is 9.74. The summed E-state index contributed by atoms with van der Waals surface area (Å²) in [6.45, 7) is 2.04. The number of hydrogen-bond donors (Lipinski definition) is 2. The summed E-state index contributed by atoms with van der Waals surface area (Å²) in [7, 11) is 0. The highest BCUT2D eigenvalue weighted by Gasteiger charge is 2.88. The average Bonchev–Trinajstić information content (AvgIpc) is 3.56. The highest BCUT2D eigenvalue weighted by Crippen LogP contribution is 2.88. The van der Waals surface area contributed by atoms with Crippen molar-refractivity contribution in [3.63, 3.8) is 0 Å². The summed E-state index contributed by atoms with van der Waals surface area (Å²) in [4.78, 5) is 26.0. The van der Waals surface area contributed by atoms with Gasteiger partial charge >= 0.3 is 5.97 Å². The van der Waals surface area contributed by atoms with Crippen molar-refractivity contribution in [3.8, 4) is 11.1 Å². The number of nitrogens with one attached hydrogen (secondary N) is 1. The molecule has 3 aromatic rings. The molecule has 4 nitrogen and oxygen atoms in total. The van der Waals surface area contributed by atoms with Crippen LogP contribution in [0, 0.1) is 35.5 Å². The molecule has 3 atom stereocenters. The molecular formula is C29H26BrNO3. The van der Waals surface area contributed by atoms with Gasteiger partial charge in [0.2, 0.25) is 0 Å². The second kappa shape index (κ2) is 6.72. The van der Waals surface area contributed by atoms with Crippen molar-refractivity contribution >= 4 is 38.6 Å². The number of carbonyl (C=O) groups excluding carboxylic acids is 1. The molecule has 1 amide bonds. The SMILES string of the molecule is Cc1c(-c2ccccc2)cc2ccc(Br)cc2c1C(=O)NC1C2CC3CC1C21CC1(C(=O)O)C3. The predicted octanol–water partition coefficient (Wildman–Crippen LogP) is 6.20. The van der Waals surface area contributed by atoms with Crippen molar-refractivity contribution in [2.24, 2.45) is 28.6 Å². The van der Waals surface area contributed by atoms with Crippen LogP contribution in [0.15, 0.2) is 59.1 Å². The van der Waals surface area contributed by atoms with Crippen LogP contribution in [0.4, 0.5) is 0 Å². The van der Waals surface area contributed by atoms with E-state index in [9.17, 15) is 14.7 Å². The summed E-state index contributed by atoms with van der Waals surface area (Å²) in [6.07, 6.45) is 3.77. The maximum Gasteiger partial charge on any atom is 0.310 e. The molecular weight excluding hydrogens is 490 g/mol. The molecule has 2 N–H and O–H groups in total. The summed E-state index contributed by atoms with van der Waals surface area (Å²) in [5.74, 6) is 0.470. The fourth-order valence-electron chi connectivity index (χ4n) is 8.42. The largest absolute Gasteiger partial charge is 0.481 e. The van der Waals surface area contributed by atoms with Crippen LogP contribution in [0.2, 0.25) is 0 Å². The van der Waals surface area contributed by atoms with Gasteiger partial charge in [-0.05, 0) is 101 Å². The lowest BCUT2D eigenvalue weighted by Crippen LogP contribution is -2.69. The molecule has 6 saturated carbocycles. The van der Waals surface area contributed by atoms with E-state index >= 15 is 0 Å². The van der Waals surface area contributed by atoms with Gasteiger partial charge in [-0.3, -0.25) is 9.59 Å². The highest BCUT2D eigenvalue weighted by atomic mass is 79.9. The standard InChI is InChI=1S/C29H26BrNO3/c1-15-20(17-5-3-2-4-6-17)11-18-7-8-19(30)12-21(18)24(15)26(32)31-25-22-9-16-10-23(25)29(22)14-28(29,13-16)27(33)34/h2-8,11-12,16,22-23,25H,9-10,13-14H2,1H3,(H,31,32)(H,33,34). The Hall–Kier alpha value is -2.66. The van der Waals surface area contributed by atoms with Crippen LogP contribution in [-0.4, -0.2) is 23.0 Å². The van der Waals surface area contributed by atoms with E-state index in [4.69, 9.17) is 0 Å². The van der Waals surface area contributed by atoms with Crippen molar-refractivity contribution in [1.29, 1.82) is 0 Å². The van der Waals surface area contributed by atoms with Gasteiger partial charge in [0.15, 0.2) is 0 Å². The molecule has 0 aliphatic heterocycles. The van der Waals surface area contributed by atoms with Crippen molar-refractivity contribution in [2.75, 3.05) is 0 Å². The third kappa shape index (κ3) is 2.44. The van der Waals surface area contributed by atoms with E-state index in [1.807, 2.05) is 37.3 Å². The molecule has 5 heteroatoms. The molecule has 6 aliphatic rings. The summed E-state index contributed by atoms with van der Waals surface area (Å²) in [6, 6.07) is 18.6. The van der Waals surface area contributed by atoms with Gasteiger partial charge in [-0.1, -0.05) is 52.3 Å². The number of aliphatic carboxylic acids is 1. The molecule has 9 rings (SSSR count). The minimum absolute atomic E-state index is 0.0335. The normalized spacial score (nSPS) is 34.3.